The maximum Gasteiger partial charge on any atom is 2.00 e. The normalized spacial score (nSPS) is 28.9. The van der Waals surface area contributed by atoms with Gasteiger partial charge in [-0.25, -0.2) is 0 Å². The van der Waals surface area contributed by atoms with Crippen LogP contribution < -0.4 is 0 Å². The van der Waals surface area contributed by atoms with Gasteiger partial charge in [-0.2, -0.15) is 6.42 Å². The van der Waals surface area contributed by atoms with Crippen molar-refractivity contribution in [1.82, 2.24) is 0 Å². The van der Waals surface area contributed by atoms with Gasteiger partial charge < -0.3 is 42.6 Å². The predicted molar refractivity (Wildman–Crippen MR) is 53.4 cm³/mol. The number of carbonyl (C=O) groups excluding carboxylic acids is 1. The van der Waals surface area contributed by atoms with E-state index in [4.69, 9.17) is 4.74 Å². The Labute approximate surface area is 139 Å². The first-order chi connectivity index (χ1) is 6.81. The molecule has 17 heavy (non-hydrogen) atoms. The molecule has 0 N–H and O–H groups in total. The Hall–Kier alpha value is 0.703. The van der Waals surface area contributed by atoms with Crippen LogP contribution in [-0.2, 0) is 65.2 Å². The van der Waals surface area contributed by atoms with E-state index in [-0.39, 0.29) is 67.6 Å². The first kappa shape index (κ1) is 20.0. The number of ether oxygens (including phenoxy) is 1. The minimum atomic E-state index is -0.123. The number of allylic oxidation sites excluding steroid dienone is 2. The third-order valence-corrected chi connectivity index (χ3v) is 2.84. The Morgan fingerprint density at radius 1 is 1.24 bits per heavy atom. The molecule has 2 aliphatic carbocycles. The Balaban J connectivity index is 0. The molecule has 2 nitrogen and oxygen atoms in total. The second-order valence-corrected chi connectivity index (χ2v) is 3.72. The van der Waals surface area contributed by atoms with Crippen molar-refractivity contribution in [1.29, 1.82) is 0 Å². The van der Waals surface area contributed by atoms with Crippen LogP contribution in [0.15, 0.2) is 12.2 Å². The second-order valence-electron chi connectivity index (χ2n) is 3.72. The summed E-state index contributed by atoms with van der Waals surface area (Å²) >= 11 is 0. The van der Waals surface area contributed by atoms with Crippen LogP contribution in [0.5, 0.6) is 0 Å². The molecule has 0 bridgehead atoms. The molecule has 0 heterocycles. The van der Waals surface area contributed by atoms with E-state index in [0.29, 0.717) is 11.8 Å². The number of esters is 1. The third-order valence-electron chi connectivity index (χ3n) is 2.84. The van der Waals surface area contributed by atoms with Crippen LogP contribution in [0.25, 0.3) is 0 Å². The number of methoxy groups -OCH3 is 1. The van der Waals surface area contributed by atoms with Gasteiger partial charge in [-0.1, -0.05) is 5.92 Å². The summed E-state index contributed by atoms with van der Waals surface area (Å²) in [5, 5.41) is 0. The summed E-state index contributed by atoms with van der Waals surface area (Å²) < 4.78 is 4.74. The standard InChI is InChI=1S/C12H14O2.3V/c1-14-12(13)11-7-6-9-4-2-3-5-10(9)8-11;;;/h2-6,8-11H,7H2,1H3;;;/q-4;;2*+2. The Morgan fingerprint density at radius 2 is 1.82 bits per heavy atom. The van der Waals surface area contributed by atoms with Crippen molar-refractivity contribution in [3.63, 3.8) is 0 Å². The summed E-state index contributed by atoms with van der Waals surface area (Å²) in [6.45, 7) is 0. The zero-order valence-corrected chi connectivity index (χ0v) is 13.8. The molecular formula is C12H14O2V3. The van der Waals surface area contributed by atoms with Gasteiger partial charge in [0.1, 0.15) is 0 Å². The summed E-state index contributed by atoms with van der Waals surface area (Å²) in [5.74, 6) is 0.666. The number of hydrogen-bond acceptors (Lipinski definition) is 2. The van der Waals surface area contributed by atoms with Crippen molar-refractivity contribution in [2.24, 2.45) is 17.8 Å². The Bertz CT molecular complexity index is 256. The second kappa shape index (κ2) is 9.61. The van der Waals surface area contributed by atoms with Gasteiger partial charge in [-0.15, -0.1) is 0 Å². The maximum absolute atomic E-state index is 11.3. The molecule has 0 aromatic rings. The summed E-state index contributed by atoms with van der Waals surface area (Å²) in [6, 6.07) is 0. The largest absolute Gasteiger partial charge is 2.00 e. The molecule has 0 aromatic carbocycles. The van der Waals surface area contributed by atoms with Crippen molar-refractivity contribution in [2.45, 2.75) is 6.42 Å². The van der Waals surface area contributed by atoms with Gasteiger partial charge >= 0.3 is 37.1 Å². The van der Waals surface area contributed by atoms with Crippen molar-refractivity contribution >= 4 is 5.97 Å². The summed E-state index contributed by atoms with van der Waals surface area (Å²) in [7, 11) is 1.44. The van der Waals surface area contributed by atoms with E-state index in [0.717, 1.165) is 6.42 Å². The molecule has 89 valence electrons. The average Bonchev–Trinajstić information content (AvgIpc) is 2.27. The number of fused-ring (bicyclic) bond motifs is 1. The van der Waals surface area contributed by atoms with Gasteiger partial charge in [-0.3, -0.25) is 16.6 Å². The molecule has 2 rings (SSSR count). The van der Waals surface area contributed by atoms with E-state index < -0.39 is 0 Å². The van der Waals surface area contributed by atoms with Gasteiger partial charge in [0.05, 0.1) is 7.11 Å². The van der Waals surface area contributed by atoms with E-state index in [9.17, 15) is 4.79 Å². The van der Waals surface area contributed by atoms with Gasteiger partial charge in [-0.05, 0) is 0 Å². The first-order valence-corrected chi connectivity index (χ1v) is 4.92. The van der Waals surface area contributed by atoms with Crippen LogP contribution in [0, 0.1) is 43.4 Å². The number of rotatable bonds is 1. The van der Waals surface area contributed by atoms with Gasteiger partial charge in [0.2, 0.25) is 0 Å². The zero-order valence-electron chi connectivity index (χ0n) is 9.56. The van der Waals surface area contributed by atoms with E-state index in [1.165, 1.54) is 7.11 Å². The zero-order chi connectivity index (χ0) is 9.97. The predicted octanol–water partition coefficient (Wildman–Crippen LogP) is 1.79. The van der Waals surface area contributed by atoms with Crippen molar-refractivity contribution < 1.29 is 65.2 Å². The molecule has 3 unspecified atom stereocenters. The third kappa shape index (κ3) is 5.06. The molecule has 0 amide bonds. The first-order valence-electron chi connectivity index (χ1n) is 4.92. The quantitative estimate of drug-likeness (QED) is 0.536. The minimum absolute atomic E-state index is 0. The van der Waals surface area contributed by atoms with E-state index in [2.05, 4.69) is 31.8 Å². The molecule has 5 heteroatoms. The fourth-order valence-corrected chi connectivity index (χ4v) is 2.05. The smallest absolute Gasteiger partial charge is 0.471 e. The van der Waals surface area contributed by atoms with Crippen LogP contribution >= 0.6 is 0 Å². The van der Waals surface area contributed by atoms with Crippen molar-refractivity contribution in [3.8, 4) is 0 Å². The Morgan fingerprint density at radius 3 is 2.41 bits per heavy atom. The molecule has 1 fully saturated rings. The molecule has 2 aliphatic rings. The summed E-state index contributed by atoms with van der Waals surface area (Å²) in [5.41, 5.74) is 0. The van der Waals surface area contributed by atoms with Gasteiger partial charge in [0.25, 0.3) is 5.97 Å². The molecule has 0 aliphatic heterocycles. The topological polar surface area (TPSA) is 26.3 Å². The molecule has 1 saturated carbocycles. The molecule has 0 spiro atoms. The van der Waals surface area contributed by atoms with E-state index in [1.54, 1.807) is 0 Å². The van der Waals surface area contributed by atoms with Crippen LogP contribution in [-0.4, -0.2) is 13.1 Å². The summed E-state index contributed by atoms with van der Waals surface area (Å²) in [4.78, 5) is 11.3. The van der Waals surface area contributed by atoms with Crippen molar-refractivity contribution in [3.05, 3.63) is 37.8 Å². The average molecular weight is 343 g/mol. The minimum Gasteiger partial charge on any atom is -0.471 e. The fraction of sp³-hybridized carbons (Fsp3) is 0.417. The molecule has 0 saturated heterocycles. The number of hydrogen-bond donors (Lipinski definition) is 0. The van der Waals surface area contributed by atoms with Crippen LogP contribution in [0.4, 0.5) is 0 Å². The molecule has 3 radical (unpaired) electrons. The Kier molecular flexibility index (Phi) is 11.3. The van der Waals surface area contributed by atoms with Crippen molar-refractivity contribution in [2.75, 3.05) is 7.11 Å². The van der Waals surface area contributed by atoms with Crippen LogP contribution in [0.3, 0.4) is 0 Å². The monoisotopic (exact) mass is 343 g/mol. The van der Waals surface area contributed by atoms with E-state index >= 15 is 0 Å². The maximum atomic E-state index is 11.3. The van der Waals surface area contributed by atoms with E-state index in [1.807, 2.05) is 6.08 Å². The van der Waals surface area contributed by atoms with Gasteiger partial charge in [0, 0.05) is 18.6 Å². The molecule has 0 aromatic heterocycles. The SMILES string of the molecule is COC(=O)C1[CH-]C2[CH-]C=C[CH-]C2[CH-]C1.[V+2].[V+2].[V]. The summed E-state index contributed by atoms with van der Waals surface area (Å²) in [6.07, 6.45) is 13.5. The molecule has 3 atom stereocenters. The van der Waals surface area contributed by atoms with Crippen LogP contribution in [0.1, 0.15) is 6.42 Å². The molecular weight excluding hydrogens is 329 g/mol. The van der Waals surface area contributed by atoms with Gasteiger partial charge in [0.15, 0.2) is 0 Å². The fourth-order valence-electron chi connectivity index (χ4n) is 2.05. The van der Waals surface area contributed by atoms with Crippen LogP contribution in [0.2, 0.25) is 0 Å². The number of carbonyl (C=O) groups is 1.